The molecule has 3 heterocycles. The lowest BCUT2D eigenvalue weighted by Crippen LogP contribution is -2.09. The first kappa shape index (κ1) is 15.7. The van der Waals surface area contributed by atoms with E-state index in [9.17, 15) is 13.2 Å². The smallest absolute Gasteiger partial charge is 0.238 e. The van der Waals surface area contributed by atoms with Gasteiger partial charge in [0.1, 0.15) is 11.2 Å². The quantitative estimate of drug-likeness (QED) is 0.480. The topological polar surface area (TPSA) is 35.1 Å². The Morgan fingerprint density at radius 3 is 2.62 bits per heavy atom. The van der Waals surface area contributed by atoms with Gasteiger partial charge in [0.05, 0.1) is 28.0 Å². The van der Waals surface area contributed by atoms with Crippen LogP contribution in [0.2, 0.25) is 5.02 Å². The summed E-state index contributed by atoms with van der Waals surface area (Å²) in [6.45, 7) is 0. The Balaban J connectivity index is 1.93. The summed E-state index contributed by atoms with van der Waals surface area (Å²) in [5, 5.41) is 10.0. The summed E-state index contributed by atoms with van der Waals surface area (Å²) in [5.74, 6) is 0.146. The molecule has 4 aromatic rings. The third-order valence-corrected chi connectivity index (χ3v) is 4.99. The zero-order valence-corrected chi connectivity index (χ0v) is 14.1. The number of halogens is 4. The molecule has 0 bridgehead atoms. The Bertz CT molecular complexity index is 1150. The second-order valence-corrected chi connectivity index (χ2v) is 6.86. The monoisotopic (exact) mass is 376 g/mol. The molecule has 1 fully saturated rings. The highest BCUT2D eigenvalue weighted by atomic mass is 35.5. The van der Waals surface area contributed by atoms with Gasteiger partial charge in [0.2, 0.25) is 0 Å². The van der Waals surface area contributed by atoms with Crippen LogP contribution in [0.4, 0.5) is 13.2 Å². The van der Waals surface area contributed by atoms with Crippen molar-refractivity contribution < 1.29 is 13.2 Å². The van der Waals surface area contributed by atoms with Crippen LogP contribution in [0.15, 0.2) is 42.7 Å². The molecule has 0 N–H and O–H groups in total. The summed E-state index contributed by atoms with van der Waals surface area (Å²) < 4.78 is 43.8. The number of pyridine rings is 1. The third kappa shape index (κ3) is 2.23. The molecule has 1 aliphatic rings. The van der Waals surface area contributed by atoms with Crippen molar-refractivity contribution in [3.63, 3.8) is 0 Å². The number of aromatic nitrogens is 4. The minimum atomic E-state index is -4.50. The highest BCUT2D eigenvalue weighted by Gasteiger charge is 2.38. The van der Waals surface area contributed by atoms with Gasteiger partial charge in [0.15, 0.2) is 0 Å². The number of nitrogens with zero attached hydrogens (tertiary/aromatic N) is 4. The Hall–Kier alpha value is -2.54. The van der Waals surface area contributed by atoms with Crippen LogP contribution >= 0.6 is 11.6 Å². The molecule has 0 spiro atoms. The van der Waals surface area contributed by atoms with Crippen LogP contribution in [0.1, 0.15) is 30.0 Å². The van der Waals surface area contributed by atoms with E-state index >= 15 is 0 Å². The van der Waals surface area contributed by atoms with Gasteiger partial charge in [-0.15, -0.1) is 0 Å². The fourth-order valence-electron chi connectivity index (χ4n) is 3.38. The number of hydrogen-bond acceptors (Lipinski definition) is 2. The molecular weight excluding hydrogens is 365 g/mol. The lowest BCUT2D eigenvalue weighted by atomic mass is 10.1. The van der Waals surface area contributed by atoms with E-state index in [1.807, 2.05) is 6.07 Å². The summed E-state index contributed by atoms with van der Waals surface area (Å²) in [6, 6.07) is 7.75. The Labute approximate surface area is 150 Å². The number of para-hydroxylation sites is 1. The van der Waals surface area contributed by atoms with Crippen molar-refractivity contribution in [1.82, 2.24) is 19.4 Å². The molecule has 8 heteroatoms. The highest BCUT2D eigenvalue weighted by Crippen LogP contribution is 2.45. The lowest BCUT2D eigenvalue weighted by Gasteiger charge is -2.11. The van der Waals surface area contributed by atoms with Crippen molar-refractivity contribution in [2.24, 2.45) is 0 Å². The molecule has 132 valence electrons. The number of rotatable bonds is 2. The minimum absolute atomic E-state index is 0.00631. The molecular formula is C18H12ClF3N4. The molecule has 1 aliphatic carbocycles. The van der Waals surface area contributed by atoms with E-state index in [1.54, 1.807) is 18.3 Å². The third-order valence-electron chi connectivity index (χ3n) is 4.68. The van der Waals surface area contributed by atoms with E-state index in [0.29, 0.717) is 21.9 Å². The number of alkyl halides is 3. The maximum absolute atomic E-state index is 13.7. The summed E-state index contributed by atoms with van der Waals surface area (Å²) in [7, 11) is 0. The second kappa shape index (κ2) is 5.23. The molecule has 0 unspecified atom stereocenters. The molecule has 1 aromatic carbocycles. The van der Waals surface area contributed by atoms with Crippen molar-refractivity contribution >= 4 is 28.0 Å². The minimum Gasteiger partial charge on any atom is -0.238 e. The Kier molecular flexibility index (Phi) is 3.16. The maximum Gasteiger partial charge on any atom is 0.418 e. The van der Waals surface area contributed by atoms with Crippen LogP contribution in [-0.2, 0) is 6.18 Å². The predicted octanol–water partition coefficient (Wildman–Crippen LogP) is 5.22. The average Bonchev–Trinajstić information content (AvgIpc) is 3.23. The van der Waals surface area contributed by atoms with Crippen molar-refractivity contribution in [3.05, 3.63) is 59.0 Å². The molecule has 4 nitrogen and oxygen atoms in total. The van der Waals surface area contributed by atoms with Gasteiger partial charge in [-0.3, -0.25) is 0 Å². The van der Waals surface area contributed by atoms with Crippen LogP contribution in [0.3, 0.4) is 0 Å². The molecule has 0 saturated heterocycles. The summed E-state index contributed by atoms with van der Waals surface area (Å²) >= 11 is 6.34. The zero-order chi connectivity index (χ0) is 18.1. The van der Waals surface area contributed by atoms with Gasteiger partial charge >= 0.3 is 6.18 Å². The summed E-state index contributed by atoms with van der Waals surface area (Å²) in [5.41, 5.74) is 0.856. The van der Waals surface area contributed by atoms with Crippen LogP contribution in [-0.4, -0.2) is 19.4 Å². The fourth-order valence-corrected chi connectivity index (χ4v) is 3.64. The molecule has 3 aromatic heterocycles. The first-order chi connectivity index (χ1) is 12.4. The van der Waals surface area contributed by atoms with Gasteiger partial charge in [-0.25, -0.2) is 9.20 Å². The van der Waals surface area contributed by atoms with Crippen LogP contribution in [0.5, 0.6) is 0 Å². The van der Waals surface area contributed by atoms with Gasteiger partial charge in [-0.2, -0.15) is 23.4 Å². The van der Waals surface area contributed by atoms with Gasteiger partial charge < -0.3 is 0 Å². The summed E-state index contributed by atoms with van der Waals surface area (Å²) in [4.78, 5) is 0. The van der Waals surface area contributed by atoms with Crippen molar-refractivity contribution in [2.75, 3.05) is 0 Å². The zero-order valence-electron chi connectivity index (χ0n) is 13.3. The highest BCUT2D eigenvalue weighted by molar-refractivity contribution is 6.35. The van der Waals surface area contributed by atoms with Crippen molar-refractivity contribution in [3.8, 4) is 5.69 Å². The summed E-state index contributed by atoms with van der Waals surface area (Å²) in [6.07, 6.45) is 0.464. The normalized spacial score (nSPS) is 15.2. The van der Waals surface area contributed by atoms with Crippen LogP contribution < -0.4 is 0 Å². The molecule has 0 atom stereocenters. The SMILES string of the molecule is FC(F)(F)c1cccn2nc(C3CC3)c(-n3ncc4cccc(Cl)c43)c12. The molecule has 5 rings (SSSR count). The lowest BCUT2D eigenvalue weighted by molar-refractivity contribution is -0.136. The van der Waals surface area contributed by atoms with E-state index in [0.717, 1.165) is 24.3 Å². The maximum atomic E-state index is 13.7. The molecule has 0 aliphatic heterocycles. The first-order valence-corrected chi connectivity index (χ1v) is 8.54. The van der Waals surface area contributed by atoms with Crippen LogP contribution in [0.25, 0.3) is 22.1 Å². The average molecular weight is 377 g/mol. The first-order valence-electron chi connectivity index (χ1n) is 8.16. The number of fused-ring (bicyclic) bond motifs is 2. The van der Waals surface area contributed by atoms with Gasteiger partial charge in [-0.1, -0.05) is 23.7 Å². The fraction of sp³-hybridized carbons (Fsp3) is 0.222. The standard InChI is InChI=1S/C18H12ClF3N4/c19-13-5-1-3-11-9-23-26(15(11)13)17-14(10-6-7-10)24-25-8-2-4-12(16(17)25)18(20,21)22/h1-5,8-10H,6-7H2. The second-order valence-electron chi connectivity index (χ2n) is 6.45. The van der Waals surface area contributed by atoms with Crippen molar-refractivity contribution in [1.29, 1.82) is 0 Å². The van der Waals surface area contributed by atoms with Crippen LogP contribution in [0, 0.1) is 0 Å². The largest absolute Gasteiger partial charge is 0.418 e. The van der Waals surface area contributed by atoms with E-state index < -0.39 is 11.7 Å². The number of benzene rings is 1. The Morgan fingerprint density at radius 1 is 1.08 bits per heavy atom. The van der Waals surface area contributed by atoms with E-state index in [4.69, 9.17) is 11.6 Å². The predicted molar refractivity (Wildman–Crippen MR) is 91.8 cm³/mol. The number of hydrogen-bond donors (Lipinski definition) is 0. The molecule has 0 radical (unpaired) electrons. The molecule has 26 heavy (non-hydrogen) atoms. The van der Waals surface area contributed by atoms with Gasteiger partial charge in [0.25, 0.3) is 0 Å². The molecule has 0 amide bonds. The van der Waals surface area contributed by atoms with E-state index in [1.165, 1.54) is 21.5 Å². The van der Waals surface area contributed by atoms with Crippen molar-refractivity contribution in [2.45, 2.75) is 24.9 Å². The van der Waals surface area contributed by atoms with Gasteiger partial charge in [0, 0.05) is 17.5 Å². The Morgan fingerprint density at radius 2 is 1.88 bits per heavy atom. The van der Waals surface area contributed by atoms with E-state index in [2.05, 4.69) is 10.2 Å². The molecule has 1 saturated carbocycles. The van der Waals surface area contributed by atoms with E-state index in [-0.39, 0.29) is 11.4 Å². The van der Waals surface area contributed by atoms with Gasteiger partial charge in [-0.05, 0) is 31.0 Å².